The van der Waals surface area contributed by atoms with Gasteiger partial charge in [-0.3, -0.25) is 4.79 Å². The summed E-state index contributed by atoms with van der Waals surface area (Å²) in [6.07, 6.45) is 3.52. The number of hydrogen-bond donors (Lipinski definition) is 1. The largest absolute Gasteiger partial charge is 0.481 e. The summed E-state index contributed by atoms with van der Waals surface area (Å²) in [4.78, 5) is 11.7. The maximum Gasteiger partial charge on any atom is 0.314 e. The predicted octanol–water partition coefficient (Wildman–Crippen LogP) is 4.07. The number of carbonyl (C=O) groups is 1. The molecule has 2 nitrogen and oxygen atoms in total. The van der Waals surface area contributed by atoms with Gasteiger partial charge in [-0.05, 0) is 31.4 Å². The van der Waals surface area contributed by atoms with Crippen molar-refractivity contribution >= 4 is 17.6 Å². The highest BCUT2D eigenvalue weighted by Crippen LogP contribution is 2.44. The van der Waals surface area contributed by atoms with E-state index in [0.29, 0.717) is 12.8 Å². The zero-order valence-corrected chi connectivity index (χ0v) is 11.1. The summed E-state index contributed by atoms with van der Waals surface area (Å²) >= 11 is 6.16. The molecule has 0 unspecified atom stereocenters. The normalized spacial score (nSPS) is 18.6. The zero-order chi connectivity index (χ0) is 13.3. The summed E-state index contributed by atoms with van der Waals surface area (Å²) in [6.45, 7) is 1.77. The Morgan fingerprint density at radius 1 is 1.33 bits per heavy atom. The van der Waals surface area contributed by atoms with E-state index >= 15 is 0 Å². The van der Waals surface area contributed by atoms with Gasteiger partial charge in [-0.1, -0.05) is 36.9 Å². The number of halogens is 2. The van der Waals surface area contributed by atoms with Crippen molar-refractivity contribution in [1.29, 1.82) is 0 Å². The summed E-state index contributed by atoms with van der Waals surface area (Å²) in [5.74, 6) is -1.47. The van der Waals surface area contributed by atoms with E-state index in [2.05, 4.69) is 0 Å². The average Bonchev–Trinajstić information content (AvgIpc) is 2.35. The van der Waals surface area contributed by atoms with Crippen molar-refractivity contribution in [3.8, 4) is 0 Å². The Morgan fingerprint density at radius 3 is 2.50 bits per heavy atom. The first-order valence-electron chi connectivity index (χ1n) is 6.17. The number of rotatable bonds is 2. The van der Waals surface area contributed by atoms with E-state index in [-0.39, 0.29) is 10.6 Å². The van der Waals surface area contributed by atoms with Crippen LogP contribution >= 0.6 is 11.6 Å². The molecule has 1 fully saturated rings. The minimum Gasteiger partial charge on any atom is -0.481 e. The van der Waals surface area contributed by atoms with Crippen LogP contribution in [0.2, 0.25) is 5.02 Å². The van der Waals surface area contributed by atoms with Crippen LogP contribution in [0.3, 0.4) is 0 Å². The molecule has 98 valence electrons. The Morgan fingerprint density at radius 2 is 1.94 bits per heavy atom. The van der Waals surface area contributed by atoms with Crippen LogP contribution in [0.1, 0.15) is 43.2 Å². The lowest BCUT2D eigenvalue weighted by atomic mass is 9.69. The van der Waals surface area contributed by atoms with Gasteiger partial charge in [0.15, 0.2) is 0 Å². The highest BCUT2D eigenvalue weighted by Gasteiger charge is 2.44. The maximum atomic E-state index is 14.1. The number of carboxylic acid groups (broad SMARTS) is 1. The molecule has 0 aromatic heterocycles. The van der Waals surface area contributed by atoms with Gasteiger partial charge >= 0.3 is 5.97 Å². The SMILES string of the molecule is Cc1ccc(F)c(C2(C(=O)O)CCCCC2)c1Cl. The van der Waals surface area contributed by atoms with Crippen LogP contribution in [-0.4, -0.2) is 11.1 Å². The third-order valence-electron chi connectivity index (χ3n) is 3.88. The number of aryl methyl sites for hydroxylation is 1. The molecular formula is C14H16ClFO2. The van der Waals surface area contributed by atoms with E-state index in [1.807, 2.05) is 0 Å². The summed E-state index contributed by atoms with van der Waals surface area (Å²) < 4.78 is 14.1. The van der Waals surface area contributed by atoms with Gasteiger partial charge in [-0.25, -0.2) is 4.39 Å². The molecule has 1 saturated carbocycles. The van der Waals surface area contributed by atoms with E-state index in [1.54, 1.807) is 13.0 Å². The Kier molecular flexibility index (Phi) is 3.62. The van der Waals surface area contributed by atoms with Crippen molar-refractivity contribution in [1.82, 2.24) is 0 Å². The minimum absolute atomic E-state index is 0.177. The molecule has 0 bridgehead atoms. The van der Waals surface area contributed by atoms with Crippen molar-refractivity contribution in [2.24, 2.45) is 0 Å². The monoisotopic (exact) mass is 270 g/mol. The highest BCUT2D eigenvalue weighted by atomic mass is 35.5. The lowest BCUT2D eigenvalue weighted by Gasteiger charge is -2.34. The standard InChI is InChI=1S/C14H16ClFO2/c1-9-5-6-10(16)11(12(9)15)14(13(17)18)7-3-2-4-8-14/h5-6H,2-4,7-8H2,1H3,(H,17,18). The zero-order valence-electron chi connectivity index (χ0n) is 10.3. The van der Waals surface area contributed by atoms with Crippen LogP contribution in [0.5, 0.6) is 0 Å². The van der Waals surface area contributed by atoms with Crippen molar-refractivity contribution in [3.05, 3.63) is 34.1 Å². The molecule has 1 aromatic carbocycles. The fourth-order valence-corrected chi connectivity index (χ4v) is 3.16. The molecule has 2 rings (SSSR count). The Balaban J connectivity index is 2.63. The van der Waals surface area contributed by atoms with Gasteiger partial charge in [0.25, 0.3) is 0 Å². The summed E-state index contributed by atoms with van der Waals surface area (Å²) in [7, 11) is 0. The van der Waals surface area contributed by atoms with Crippen molar-refractivity contribution in [2.45, 2.75) is 44.4 Å². The van der Waals surface area contributed by atoms with Crippen LogP contribution in [-0.2, 0) is 10.2 Å². The third-order valence-corrected chi connectivity index (χ3v) is 4.37. The minimum atomic E-state index is -1.15. The van der Waals surface area contributed by atoms with Gasteiger partial charge in [-0.15, -0.1) is 0 Å². The molecule has 1 aromatic rings. The van der Waals surface area contributed by atoms with Crippen molar-refractivity contribution in [3.63, 3.8) is 0 Å². The number of hydrogen-bond acceptors (Lipinski definition) is 1. The van der Waals surface area contributed by atoms with E-state index < -0.39 is 17.2 Å². The van der Waals surface area contributed by atoms with E-state index in [0.717, 1.165) is 24.8 Å². The number of carboxylic acids is 1. The molecular weight excluding hydrogens is 255 g/mol. The molecule has 18 heavy (non-hydrogen) atoms. The summed E-state index contributed by atoms with van der Waals surface area (Å²) in [5.41, 5.74) is -0.249. The first-order valence-corrected chi connectivity index (χ1v) is 6.55. The molecule has 4 heteroatoms. The summed E-state index contributed by atoms with van der Waals surface area (Å²) in [5, 5.41) is 9.82. The highest BCUT2D eigenvalue weighted by molar-refractivity contribution is 6.32. The fourth-order valence-electron chi connectivity index (χ4n) is 2.82. The van der Waals surface area contributed by atoms with Gasteiger partial charge in [0.05, 0.1) is 10.4 Å². The molecule has 0 radical (unpaired) electrons. The molecule has 1 N–H and O–H groups in total. The second-order valence-corrected chi connectivity index (χ2v) is 5.38. The number of benzene rings is 1. The van der Waals surface area contributed by atoms with Gasteiger partial charge in [-0.2, -0.15) is 0 Å². The third kappa shape index (κ3) is 2.01. The van der Waals surface area contributed by atoms with E-state index in [9.17, 15) is 14.3 Å². The predicted molar refractivity (Wildman–Crippen MR) is 68.5 cm³/mol. The molecule has 0 saturated heterocycles. The quantitative estimate of drug-likeness (QED) is 0.879. The molecule has 1 aliphatic rings. The van der Waals surface area contributed by atoms with Crippen LogP contribution < -0.4 is 0 Å². The fraction of sp³-hybridized carbons (Fsp3) is 0.500. The molecule has 0 atom stereocenters. The Labute approximate surface area is 111 Å². The summed E-state index contributed by atoms with van der Waals surface area (Å²) in [6, 6.07) is 2.90. The average molecular weight is 271 g/mol. The van der Waals surface area contributed by atoms with Gasteiger partial charge in [0.1, 0.15) is 5.82 Å². The molecule has 0 spiro atoms. The molecule has 0 heterocycles. The Hall–Kier alpha value is -1.09. The topological polar surface area (TPSA) is 37.3 Å². The molecule has 0 amide bonds. The maximum absolute atomic E-state index is 14.1. The van der Waals surface area contributed by atoms with Crippen molar-refractivity contribution < 1.29 is 14.3 Å². The van der Waals surface area contributed by atoms with E-state index in [1.165, 1.54) is 6.07 Å². The second-order valence-electron chi connectivity index (χ2n) is 5.00. The van der Waals surface area contributed by atoms with Crippen LogP contribution in [0, 0.1) is 12.7 Å². The number of aliphatic carboxylic acids is 1. The van der Waals surface area contributed by atoms with Crippen LogP contribution in [0.15, 0.2) is 12.1 Å². The van der Waals surface area contributed by atoms with Crippen LogP contribution in [0.4, 0.5) is 4.39 Å². The lowest BCUT2D eigenvalue weighted by Crippen LogP contribution is -2.39. The van der Waals surface area contributed by atoms with Gasteiger partial charge < -0.3 is 5.11 Å². The van der Waals surface area contributed by atoms with Crippen LogP contribution in [0.25, 0.3) is 0 Å². The molecule has 0 aliphatic heterocycles. The van der Waals surface area contributed by atoms with E-state index in [4.69, 9.17) is 11.6 Å². The smallest absolute Gasteiger partial charge is 0.314 e. The first-order chi connectivity index (χ1) is 8.49. The van der Waals surface area contributed by atoms with Gasteiger partial charge in [0, 0.05) is 5.56 Å². The Bertz CT molecular complexity index is 479. The van der Waals surface area contributed by atoms with Crippen molar-refractivity contribution in [2.75, 3.05) is 0 Å². The first kappa shape index (κ1) is 13.3. The second kappa shape index (κ2) is 4.88. The molecule has 1 aliphatic carbocycles. The lowest BCUT2D eigenvalue weighted by molar-refractivity contribution is -0.145. The van der Waals surface area contributed by atoms with Gasteiger partial charge in [0.2, 0.25) is 0 Å².